The standard InChI is InChI=1S/C37H52O9/c1-7-8-9-10-11-12-23-22(15-18-42-23)30-33(4)16-14-24-35(6,37(33)31(46-37)32(41)44-30)29(40)27(39)28-34(5,17-13-21(2)3)45-25-19-26(38)43-20-36(24,25)28/h15,18,21,24-25,28-31,40H,7-14,16-17,19-20H2,1-6H3. The minimum Gasteiger partial charge on any atom is -0.469 e. The third-order valence-corrected chi connectivity index (χ3v) is 13.5. The molecule has 254 valence electrons. The molecule has 6 aliphatic rings. The predicted octanol–water partition coefficient (Wildman–Crippen LogP) is 6.04. The third kappa shape index (κ3) is 4.06. The predicted molar refractivity (Wildman–Crippen MR) is 166 cm³/mol. The molecule has 4 aliphatic heterocycles. The molecule has 2 spiro atoms. The third-order valence-electron chi connectivity index (χ3n) is 13.5. The second kappa shape index (κ2) is 10.9. The van der Waals surface area contributed by atoms with E-state index in [0.717, 1.165) is 37.0 Å². The summed E-state index contributed by atoms with van der Waals surface area (Å²) in [5.41, 5.74) is -3.84. The number of ketones is 1. The summed E-state index contributed by atoms with van der Waals surface area (Å²) in [6.45, 7) is 12.6. The molecule has 7 rings (SSSR count). The highest BCUT2D eigenvalue weighted by Crippen LogP contribution is 2.80. The van der Waals surface area contributed by atoms with Crippen molar-refractivity contribution in [2.75, 3.05) is 6.61 Å². The lowest BCUT2D eigenvalue weighted by Crippen LogP contribution is -2.76. The molecule has 2 aliphatic carbocycles. The van der Waals surface area contributed by atoms with E-state index in [9.17, 15) is 19.5 Å². The van der Waals surface area contributed by atoms with Crippen LogP contribution in [0.4, 0.5) is 0 Å². The number of aliphatic hydroxyl groups excluding tert-OH is 1. The van der Waals surface area contributed by atoms with Crippen molar-refractivity contribution in [3.8, 4) is 0 Å². The van der Waals surface area contributed by atoms with Crippen LogP contribution in [0.5, 0.6) is 0 Å². The topological polar surface area (TPSA) is 125 Å². The SMILES string of the molecule is CCCCCCCc1occc1C1OC(=O)C2OC23C1(C)CCC1C24COC(=O)CC2OC(C)(CCC(C)C)C4C(=O)C(O)C13C. The number of hydrogen-bond acceptors (Lipinski definition) is 9. The lowest BCUT2D eigenvalue weighted by atomic mass is 9.36. The first-order valence-electron chi connectivity index (χ1n) is 17.8. The van der Waals surface area contributed by atoms with E-state index < -0.39 is 63.8 Å². The molecular weight excluding hydrogens is 588 g/mol. The maximum Gasteiger partial charge on any atom is 0.339 e. The molecule has 6 fully saturated rings. The first kappa shape index (κ1) is 32.3. The van der Waals surface area contributed by atoms with Gasteiger partial charge in [0.25, 0.3) is 0 Å². The van der Waals surface area contributed by atoms with Crippen LogP contribution in [0.3, 0.4) is 0 Å². The minimum atomic E-state index is -1.38. The van der Waals surface area contributed by atoms with Gasteiger partial charge in [0.15, 0.2) is 11.9 Å². The maximum absolute atomic E-state index is 14.8. The minimum absolute atomic E-state index is 0.0619. The van der Waals surface area contributed by atoms with Gasteiger partial charge in [-0.25, -0.2) is 4.79 Å². The van der Waals surface area contributed by atoms with E-state index >= 15 is 0 Å². The second-order valence-corrected chi connectivity index (χ2v) is 16.4. The number of ether oxygens (including phenoxy) is 4. The van der Waals surface area contributed by atoms with Gasteiger partial charge in [-0.15, -0.1) is 0 Å². The van der Waals surface area contributed by atoms with Crippen LogP contribution < -0.4 is 0 Å². The maximum atomic E-state index is 14.8. The van der Waals surface area contributed by atoms with E-state index in [0.29, 0.717) is 25.2 Å². The molecule has 0 aromatic carbocycles. The molecule has 1 N–H and O–H groups in total. The van der Waals surface area contributed by atoms with Crippen molar-refractivity contribution in [3.05, 3.63) is 23.7 Å². The highest BCUT2D eigenvalue weighted by atomic mass is 16.7. The average molecular weight is 641 g/mol. The second-order valence-electron chi connectivity index (χ2n) is 16.4. The number of carbonyl (C=O) groups is 3. The highest BCUT2D eigenvalue weighted by Gasteiger charge is 2.90. The summed E-state index contributed by atoms with van der Waals surface area (Å²) in [5.74, 6) is -0.785. The van der Waals surface area contributed by atoms with Crippen LogP contribution in [0.1, 0.15) is 123 Å². The van der Waals surface area contributed by atoms with Crippen LogP contribution in [0.2, 0.25) is 0 Å². The van der Waals surface area contributed by atoms with E-state index in [-0.39, 0.29) is 30.7 Å². The van der Waals surface area contributed by atoms with E-state index in [1.165, 1.54) is 19.3 Å². The Labute approximate surface area is 272 Å². The first-order valence-corrected chi connectivity index (χ1v) is 17.8. The number of hydrogen-bond donors (Lipinski definition) is 1. The molecule has 0 amide bonds. The van der Waals surface area contributed by atoms with Gasteiger partial charge in [0.1, 0.15) is 30.2 Å². The molecular formula is C37H52O9. The van der Waals surface area contributed by atoms with Crippen LogP contribution in [0, 0.1) is 34.0 Å². The Kier molecular flexibility index (Phi) is 7.65. The fourth-order valence-electron chi connectivity index (χ4n) is 11.4. The zero-order chi connectivity index (χ0) is 32.9. The van der Waals surface area contributed by atoms with Crippen molar-refractivity contribution in [2.45, 2.75) is 148 Å². The lowest BCUT2D eigenvalue weighted by Gasteiger charge is -2.66. The molecule has 9 heteroatoms. The van der Waals surface area contributed by atoms with Gasteiger partial charge in [-0.2, -0.15) is 0 Å². The Morgan fingerprint density at radius 2 is 1.78 bits per heavy atom. The number of aryl methyl sites for hydroxylation is 1. The van der Waals surface area contributed by atoms with Gasteiger partial charge < -0.3 is 28.5 Å². The molecule has 1 aromatic rings. The Hall–Kier alpha value is -2.23. The summed E-state index contributed by atoms with van der Waals surface area (Å²) in [7, 11) is 0. The quantitative estimate of drug-likeness (QED) is 0.185. The Morgan fingerprint density at radius 1 is 1.02 bits per heavy atom. The number of rotatable bonds is 10. The number of aliphatic hydroxyl groups is 1. The normalized spacial score (nSPS) is 45.7. The fourth-order valence-corrected chi connectivity index (χ4v) is 11.4. The number of esters is 2. The number of Topliss-reactive ketones (excluding diaryl/α,β-unsaturated/α-hetero) is 1. The first-order chi connectivity index (χ1) is 21.8. The molecule has 4 saturated heterocycles. The van der Waals surface area contributed by atoms with Gasteiger partial charge in [0.2, 0.25) is 0 Å². The van der Waals surface area contributed by atoms with Crippen molar-refractivity contribution < 1.29 is 42.9 Å². The van der Waals surface area contributed by atoms with Crippen LogP contribution in [-0.2, 0) is 39.8 Å². The van der Waals surface area contributed by atoms with Crippen LogP contribution in [0.25, 0.3) is 0 Å². The summed E-state index contributed by atoms with van der Waals surface area (Å²) in [5, 5.41) is 12.4. The summed E-state index contributed by atoms with van der Waals surface area (Å²) in [6, 6.07) is 1.91. The molecule has 46 heavy (non-hydrogen) atoms. The molecule has 2 saturated carbocycles. The monoisotopic (exact) mass is 640 g/mol. The summed E-state index contributed by atoms with van der Waals surface area (Å²) >= 11 is 0. The Morgan fingerprint density at radius 3 is 2.52 bits per heavy atom. The molecule has 1 aromatic heterocycles. The van der Waals surface area contributed by atoms with Crippen molar-refractivity contribution in [1.29, 1.82) is 0 Å². The van der Waals surface area contributed by atoms with Crippen molar-refractivity contribution in [2.24, 2.45) is 34.0 Å². The zero-order valence-corrected chi connectivity index (χ0v) is 28.4. The van der Waals surface area contributed by atoms with Crippen molar-refractivity contribution in [1.82, 2.24) is 0 Å². The van der Waals surface area contributed by atoms with Gasteiger partial charge in [0.05, 0.1) is 30.3 Å². The van der Waals surface area contributed by atoms with Gasteiger partial charge in [0, 0.05) is 28.2 Å². The fraction of sp³-hybridized carbons (Fsp3) is 0.811. The Bertz CT molecular complexity index is 1400. The summed E-state index contributed by atoms with van der Waals surface area (Å²) in [6.07, 6.45) is 7.46. The largest absolute Gasteiger partial charge is 0.469 e. The molecule has 9 nitrogen and oxygen atoms in total. The van der Waals surface area contributed by atoms with E-state index in [1.807, 2.05) is 19.9 Å². The zero-order valence-electron chi connectivity index (χ0n) is 28.4. The van der Waals surface area contributed by atoms with Gasteiger partial charge in [-0.1, -0.05) is 60.3 Å². The molecule has 5 heterocycles. The smallest absolute Gasteiger partial charge is 0.339 e. The number of unbranched alkanes of at least 4 members (excludes halogenated alkanes) is 4. The van der Waals surface area contributed by atoms with E-state index in [2.05, 4.69) is 27.7 Å². The van der Waals surface area contributed by atoms with E-state index in [4.69, 9.17) is 23.4 Å². The summed E-state index contributed by atoms with van der Waals surface area (Å²) in [4.78, 5) is 41.3. The molecule has 11 unspecified atom stereocenters. The highest BCUT2D eigenvalue weighted by molar-refractivity contribution is 5.92. The lowest BCUT2D eigenvalue weighted by molar-refractivity contribution is -0.252. The number of epoxide rings is 1. The van der Waals surface area contributed by atoms with Crippen LogP contribution in [0.15, 0.2) is 16.7 Å². The van der Waals surface area contributed by atoms with Gasteiger partial charge >= 0.3 is 11.9 Å². The Balaban J connectivity index is 1.29. The molecule has 0 radical (unpaired) electrons. The van der Waals surface area contributed by atoms with E-state index in [1.54, 1.807) is 6.26 Å². The summed E-state index contributed by atoms with van der Waals surface area (Å²) < 4.78 is 31.5. The number of furan rings is 1. The van der Waals surface area contributed by atoms with Crippen molar-refractivity contribution in [3.63, 3.8) is 0 Å². The van der Waals surface area contributed by atoms with Gasteiger partial charge in [-0.05, 0) is 56.9 Å². The number of fused-ring (bicyclic) bond motifs is 1. The van der Waals surface area contributed by atoms with Crippen molar-refractivity contribution >= 4 is 17.7 Å². The molecule has 0 bridgehead atoms. The van der Waals surface area contributed by atoms with Crippen LogP contribution >= 0.6 is 0 Å². The number of cyclic esters (lactones) is 2. The number of carbonyl (C=O) groups excluding carboxylic acids is 3. The van der Waals surface area contributed by atoms with Gasteiger partial charge in [-0.3, -0.25) is 9.59 Å². The average Bonchev–Trinajstić information content (AvgIpc) is 3.55. The van der Waals surface area contributed by atoms with Crippen LogP contribution in [-0.4, -0.2) is 58.9 Å². The molecule has 11 atom stereocenters.